The van der Waals surface area contributed by atoms with Crippen LogP contribution in [0.2, 0.25) is 0 Å². The number of hydrogen-bond donors (Lipinski definition) is 4. The van der Waals surface area contributed by atoms with Crippen LogP contribution in [-0.4, -0.2) is 95.2 Å². The number of benzene rings is 1. The number of hydrogen-bond acceptors (Lipinski definition) is 7. The Labute approximate surface area is 295 Å². The Balaban J connectivity index is 2.29. The predicted octanol–water partition coefficient (Wildman–Crippen LogP) is 4.75. The summed E-state index contributed by atoms with van der Waals surface area (Å²) < 4.78 is 5.56. The fourth-order valence-corrected chi connectivity index (χ4v) is 6.65. The van der Waals surface area contributed by atoms with E-state index in [0.29, 0.717) is 37.4 Å². The molecule has 1 fully saturated rings. The first-order chi connectivity index (χ1) is 22.9. The Bertz CT molecular complexity index is 1210. The van der Waals surface area contributed by atoms with Crippen LogP contribution in [0.25, 0.3) is 0 Å². The van der Waals surface area contributed by atoms with Gasteiger partial charge in [0.15, 0.2) is 0 Å². The van der Waals surface area contributed by atoms with E-state index in [1.54, 1.807) is 39.8 Å². The molecule has 0 bridgehead atoms. The molecule has 0 radical (unpaired) electrons. The molecule has 0 aromatic heterocycles. The number of ether oxygens (including phenoxy) is 1. The van der Waals surface area contributed by atoms with Crippen molar-refractivity contribution >= 4 is 23.8 Å². The molecule has 1 saturated heterocycles. The molecule has 0 saturated carbocycles. The van der Waals surface area contributed by atoms with Crippen molar-refractivity contribution in [3.05, 3.63) is 35.4 Å². The van der Waals surface area contributed by atoms with Gasteiger partial charge in [-0.1, -0.05) is 72.1 Å². The Morgan fingerprint density at radius 1 is 0.959 bits per heavy atom. The van der Waals surface area contributed by atoms with Gasteiger partial charge in [-0.3, -0.25) is 19.3 Å². The van der Waals surface area contributed by atoms with Crippen molar-refractivity contribution in [2.24, 2.45) is 29.4 Å². The van der Waals surface area contributed by atoms with Crippen LogP contribution in [0.5, 0.6) is 0 Å². The summed E-state index contributed by atoms with van der Waals surface area (Å²) in [6, 6.07) is 5.57. The Hall–Kier alpha value is -3.18. The van der Waals surface area contributed by atoms with Crippen LogP contribution in [0.3, 0.4) is 0 Å². The number of unbranched alkanes of at least 4 members (excludes halogenated alkanes) is 1. The molecular formula is C38H65N5O6. The molecule has 4 amide bonds. The number of piperazine rings is 1. The molecule has 1 heterocycles. The maximum absolute atomic E-state index is 13.8. The first kappa shape index (κ1) is 42.0. The molecular weight excluding hydrogens is 622 g/mol. The summed E-state index contributed by atoms with van der Waals surface area (Å²) in [6.45, 7) is 20.9. The number of alkyl carbamates (subject to hydrolysis) is 1. The van der Waals surface area contributed by atoms with E-state index in [2.05, 4.69) is 36.3 Å². The fourth-order valence-electron chi connectivity index (χ4n) is 6.65. The molecule has 1 aromatic carbocycles. The average molecular weight is 688 g/mol. The maximum Gasteiger partial charge on any atom is 0.407 e. The lowest BCUT2D eigenvalue weighted by Crippen LogP contribution is -2.54. The van der Waals surface area contributed by atoms with Crippen LogP contribution < -0.4 is 16.4 Å². The molecule has 1 unspecified atom stereocenters. The summed E-state index contributed by atoms with van der Waals surface area (Å²) in [7, 11) is 0. The molecule has 1 aliphatic heterocycles. The molecule has 278 valence electrons. The van der Waals surface area contributed by atoms with Crippen molar-refractivity contribution in [1.82, 2.24) is 20.4 Å². The van der Waals surface area contributed by atoms with Crippen LogP contribution in [0.15, 0.2) is 24.3 Å². The Morgan fingerprint density at radius 3 is 2.12 bits per heavy atom. The lowest BCUT2D eigenvalue weighted by atomic mass is 9.78. The molecule has 49 heavy (non-hydrogen) atoms. The Kier molecular flexibility index (Phi) is 17.0. The van der Waals surface area contributed by atoms with E-state index >= 15 is 0 Å². The second-order valence-corrected chi connectivity index (χ2v) is 15.5. The summed E-state index contributed by atoms with van der Waals surface area (Å²) in [6.07, 6.45) is 2.82. The molecule has 0 spiro atoms. The Morgan fingerprint density at radius 2 is 1.59 bits per heavy atom. The SMILES string of the molecule is CCCC[C@@H](C[C@H](O)[C@H](C[C@@H](C(C)C)C(NC(=O)c1ccccc1CCN1CCN(C(C)=O)CC1)C(N)=O)NC(=O)OC(C)(C)C)C(C)C. The minimum absolute atomic E-state index is 0.0820. The number of carbonyl (C=O) groups excluding carboxylic acids is 4. The third-order valence-electron chi connectivity index (χ3n) is 9.76. The van der Waals surface area contributed by atoms with E-state index in [1.165, 1.54) is 0 Å². The van der Waals surface area contributed by atoms with Crippen molar-refractivity contribution in [3.63, 3.8) is 0 Å². The predicted molar refractivity (Wildman–Crippen MR) is 194 cm³/mol. The summed E-state index contributed by atoms with van der Waals surface area (Å²) in [5.41, 5.74) is 6.56. The molecule has 5 atom stereocenters. The largest absolute Gasteiger partial charge is 0.444 e. The van der Waals surface area contributed by atoms with Crippen molar-refractivity contribution in [3.8, 4) is 0 Å². The number of rotatable bonds is 18. The quantitative estimate of drug-likeness (QED) is 0.174. The number of nitrogens with two attached hydrogens (primary N) is 1. The zero-order chi connectivity index (χ0) is 36.9. The highest BCUT2D eigenvalue weighted by Crippen LogP contribution is 2.29. The normalized spacial score (nSPS) is 17.3. The van der Waals surface area contributed by atoms with Gasteiger partial charge >= 0.3 is 6.09 Å². The number of amides is 4. The summed E-state index contributed by atoms with van der Waals surface area (Å²) in [5.74, 6) is -1.03. The number of nitrogens with one attached hydrogen (secondary N) is 2. The second kappa shape index (κ2) is 19.9. The third-order valence-corrected chi connectivity index (χ3v) is 9.76. The second-order valence-electron chi connectivity index (χ2n) is 15.5. The number of primary amides is 1. The van der Waals surface area contributed by atoms with Crippen LogP contribution in [0.1, 0.15) is 110 Å². The van der Waals surface area contributed by atoms with Gasteiger partial charge in [0.25, 0.3) is 5.91 Å². The number of aliphatic hydroxyl groups is 1. The van der Waals surface area contributed by atoms with Crippen LogP contribution in [0.4, 0.5) is 4.79 Å². The summed E-state index contributed by atoms with van der Waals surface area (Å²) in [4.78, 5) is 55.7. The first-order valence-electron chi connectivity index (χ1n) is 18.3. The van der Waals surface area contributed by atoms with Gasteiger partial charge in [-0.05, 0) is 75.3 Å². The van der Waals surface area contributed by atoms with E-state index < -0.39 is 47.6 Å². The van der Waals surface area contributed by atoms with Gasteiger partial charge in [-0.2, -0.15) is 0 Å². The molecule has 11 heteroatoms. The highest BCUT2D eigenvalue weighted by atomic mass is 16.6. The standard InChI is InChI=1S/C38H65N5O6/c1-10-11-14-29(25(2)3)23-33(45)32(40-37(48)49-38(7,8)9)24-31(26(4)5)34(35(39)46)41-36(47)30-16-13-12-15-28(30)17-18-42-19-21-43(22-20-42)27(6)44/h12-13,15-16,25-26,29,31-34,45H,10-11,14,17-24H2,1-9H3,(H2,39,46)(H,40,48)(H,41,47)/t29-,31-,32-,33-,34?/m0/s1. The minimum atomic E-state index is -1.05. The topological polar surface area (TPSA) is 154 Å². The maximum atomic E-state index is 13.8. The number of carbonyl (C=O) groups is 4. The first-order valence-corrected chi connectivity index (χ1v) is 18.3. The van der Waals surface area contributed by atoms with Gasteiger partial charge in [0, 0.05) is 45.2 Å². The highest BCUT2D eigenvalue weighted by molar-refractivity contribution is 5.98. The lowest BCUT2D eigenvalue weighted by molar-refractivity contribution is -0.130. The summed E-state index contributed by atoms with van der Waals surface area (Å²) >= 11 is 0. The van der Waals surface area contributed by atoms with E-state index in [9.17, 15) is 24.3 Å². The van der Waals surface area contributed by atoms with Gasteiger partial charge in [0.1, 0.15) is 11.6 Å². The van der Waals surface area contributed by atoms with Crippen molar-refractivity contribution in [2.75, 3.05) is 32.7 Å². The number of nitrogens with zero attached hydrogens (tertiary/aromatic N) is 2. The molecule has 2 rings (SSSR count). The van der Waals surface area contributed by atoms with E-state index in [4.69, 9.17) is 10.5 Å². The zero-order valence-electron chi connectivity index (χ0n) is 31.6. The monoisotopic (exact) mass is 687 g/mol. The molecule has 1 aromatic rings. The molecule has 1 aliphatic rings. The van der Waals surface area contributed by atoms with Crippen LogP contribution in [0, 0.1) is 23.7 Å². The minimum Gasteiger partial charge on any atom is -0.444 e. The fraction of sp³-hybridized carbons (Fsp3) is 0.737. The summed E-state index contributed by atoms with van der Waals surface area (Å²) in [5, 5.41) is 17.5. The van der Waals surface area contributed by atoms with Gasteiger partial charge in [-0.25, -0.2) is 4.79 Å². The smallest absolute Gasteiger partial charge is 0.407 e. The van der Waals surface area contributed by atoms with Gasteiger partial charge in [0.05, 0.1) is 12.1 Å². The molecule has 0 aliphatic carbocycles. The molecule has 11 nitrogen and oxygen atoms in total. The lowest BCUT2D eigenvalue weighted by Gasteiger charge is -2.36. The van der Waals surface area contributed by atoms with Gasteiger partial charge in [-0.15, -0.1) is 0 Å². The highest BCUT2D eigenvalue weighted by Gasteiger charge is 2.37. The van der Waals surface area contributed by atoms with Crippen molar-refractivity contribution in [2.45, 2.75) is 125 Å². The number of aliphatic hydroxyl groups excluding tert-OH is 1. The van der Waals surface area contributed by atoms with Crippen LogP contribution >= 0.6 is 0 Å². The van der Waals surface area contributed by atoms with E-state index in [-0.39, 0.29) is 24.2 Å². The van der Waals surface area contributed by atoms with Gasteiger partial charge < -0.3 is 31.1 Å². The van der Waals surface area contributed by atoms with Crippen molar-refractivity contribution in [1.29, 1.82) is 0 Å². The van der Waals surface area contributed by atoms with Crippen molar-refractivity contribution < 1.29 is 29.0 Å². The molecule has 5 N–H and O–H groups in total. The van der Waals surface area contributed by atoms with Crippen LogP contribution in [-0.2, 0) is 20.7 Å². The van der Waals surface area contributed by atoms with E-state index in [0.717, 1.165) is 44.5 Å². The zero-order valence-corrected chi connectivity index (χ0v) is 31.6. The average Bonchev–Trinajstić information content (AvgIpc) is 3.01. The third kappa shape index (κ3) is 14.3. The van der Waals surface area contributed by atoms with Gasteiger partial charge in [0.2, 0.25) is 11.8 Å². The van der Waals surface area contributed by atoms with E-state index in [1.807, 2.05) is 30.9 Å².